The second kappa shape index (κ2) is 4.42. The Morgan fingerprint density at radius 1 is 1.60 bits per heavy atom. The molecule has 1 aliphatic heterocycles. The zero-order valence-corrected chi connectivity index (χ0v) is 9.72. The van der Waals surface area contributed by atoms with E-state index in [1.807, 2.05) is 12.1 Å². The fraction of sp³-hybridized carbons (Fsp3) is 0.500. The summed E-state index contributed by atoms with van der Waals surface area (Å²) in [5, 5.41) is 4.33. The summed E-state index contributed by atoms with van der Waals surface area (Å²) in [4.78, 5) is 0. The van der Waals surface area contributed by atoms with Gasteiger partial charge in [-0.05, 0) is 36.9 Å². The first-order valence-corrected chi connectivity index (χ1v) is 5.84. The minimum absolute atomic E-state index is 0.489. The maximum atomic E-state index is 6.13. The van der Waals surface area contributed by atoms with E-state index in [9.17, 15) is 0 Å². The third-order valence-corrected chi connectivity index (χ3v) is 3.49. The predicted molar refractivity (Wildman–Crippen MR) is 65.4 cm³/mol. The molecule has 0 saturated heterocycles. The second-order valence-electron chi connectivity index (χ2n) is 4.28. The lowest BCUT2D eigenvalue weighted by Crippen LogP contribution is -2.26. The summed E-state index contributed by atoms with van der Waals surface area (Å²) in [6.07, 6.45) is 2.13. The number of halogens is 1. The van der Waals surface area contributed by atoms with Crippen LogP contribution in [0.3, 0.4) is 0 Å². The summed E-state index contributed by atoms with van der Waals surface area (Å²) in [5.74, 6) is 0.596. The first kappa shape index (κ1) is 10.8. The van der Waals surface area contributed by atoms with Crippen LogP contribution >= 0.6 is 11.6 Å². The zero-order valence-electron chi connectivity index (χ0n) is 8.96. The molecule has 0 amide bonds. The molecule has 0 aromatic heterocycles. The minimum Gasteiger partial charge on any atom is -0.380 e. The molecule has 82 valence electrons. The molecular formula is C12H17ClN2. The van der Waals surface area contributed by atoms with Gasteiger partial charge in [-0.15, -0.1) is 0 Å². The van der Waals surface area contributed by atoms with Gasteiger partial charge in [0, 0.05) is 6.04 Å². The molecule has 0 aliphatic carbocycles. The number of benzene rings is 1. The standard InChI is InChI=1S/C12H17ClN2/c1-8(5-6-14)11-7-9-3-2-4-10(13)12(9)15-11/h2-4,8,11,15H,5-7,14H2,1H3. The van der Waals surface area contributed by atoms with E-state index in [-0.39, 0.29) is 0 Å². The van der Waals surface area contributed by atoms with Crippen molar-refractivity contribution in [2.75, 3.05) is 11.9 Å². The van der Waals surface area contributed by atoms with Crippen LogP contribution in [0.15, 0.2) is 18.2 Å². The SMILES string of the molecule is CC(CCN)C1Cc2cccc(Cl)c2N1. The Balaban J connectivity index is 2.12. The van der Waals surface area contributed by atoms with Gasteiger partial charge in [0.2, 0.25) is 0 Å². The molecule has 1 heterocycles. The molecule has 1 aromatic carbocycles. The number of nitrogens with one attached hydrogen (secondary N) is 1. The van der Waals surface area contributed by atoms with Gasteiger partial charge in [0.1, 0.15) is 0 Å². The maximum absolute atomic E-state index is 6.13. The average molecular weight is 225 g/mol. The summed E-state index contributed by atoms with van der Waals surface area (Å²) >= 11 is 6.13. The molecule has 1 aliphatic rings. The molecule has 0 bridgehead atoms. The van der Waals surface area contributed by atoms with E-state index in [2.05, 4.69) is 18.3 Å². The Morgan fingerprint density at radius 2 is 2.40 bits per heavy atom. The minimum atomic E-state index is 0.489. The van der Waals surface area contributed by atoms with Crippen molar-refractivity contribution in [3.8, 4) is 0 Å². The smallest absolute Gasteiger partial charge is 0.0640 e. The molecule has 2 unspecified atom stereocenters. The van der Waals surface area contributed by atoms with Crippen LogP contribution in [0.4, 0.5) is 5.69 Å². The molecule has 0 radical (unpaired) electrons. The normalized spacial score (nSPS) is 20.9. The largest absolute Gasteiger partial charge is 0.380 e. The molecule has 0 fully saturated rings. The summed E-state index contributed by atoms with van der Waals surface area (Å²) in [6, 6.07) is 6.58. The van der Waals surface area contributed by atoms with Crippen molar-refractivity contribution < 1.29 is 0 Å². The highest BCUT2D eigenvalue weighted by Gasteiger charge is 2.26. The van der Waals surface area contributed by atoms with Crippen LogP contribution in [-0.4, -0.2) is 12.6 Å². The topological polar surface area (TPSA) is 38.0 Å². The van der Waals surface area contributed by atoms with E-state index >= 15 is 0 Å². The van der Waals surface area contributed by atoms with Gasteiger partial charge in [0.15, 0.2) is 0 Å². The van der Waals surface area contributed by atoms with E-state index in [4.69, 9.17) is 17.3 Å². The van der Waals surface area contributed by atoms with Crippen LogP contribution in [0.1, 0.15) is 18.9 Å². The lowest BCUT2D eigenvalue weighted by atomic mass is 9.96. The molecule has 1 aromatic rings. The molecule has 3 heteroatoms. The summed E-state index contributed by atoms with van der Waals surface area (Å²) in [6.45, 7) is 2.99. The van der Waals surface area contributed by atoms with E-state index in [0.717, 1.165) is 30.1 Å². The highest BCUT2D eigenvalue weighted by Crippen LogP contribution is 2.35. The van der Waals surface area contributed by atoms with E-state index in [1.54, 1.807) is 0 Å². The van der Waals surface area contributed by atoms with Crippen molar-refractivity contribution in [3.63, 3.8) is 0 Å². The highest BCUT2D eigenvalue weighted by molar-refractivity contribution is 6.33. The Hall–Kier alpha value is -0.730. The van der Waals surface area contributed by atoms with Gasteiger partial charge in [-0.25, -0.2) is 0 Å². The van der Waals surface area contributed by atoms with Crippen LogP contribution in [-0.2, 0) is 6.42 Å². The molecule has 2 rings (SSSR count). The lowest BCUT2D eigenvalue weighted by molar-refractivity contribution is 0.464. The van der Waals surface area contributed by atoms with Gasteiger partial charge >= 0.3 is 0 Å². The van der Waals surface area contributed by atoms with Crippen LogP contribution in [0, 0.1) is 5.92 Å². The van der Waals surface area contributed by atoms with Gasteiger partial charge in [-0.2, -0.15) is 0 Å². The number of rotatable bonds is 3. The van der Waals surface area contributed by atoms with Crippen molar-refractivity contribution in [1.29, 1.82) is 0 Å². The quantitative estimate of drug-likeness (QED) is 0.829. The van der Waals surface area contributed by atoms with Crippen molar-refractivity contribution in [2.45, 2.75) is 25.8 Å². The number of hydrogen-bond acceptors (Lipinski definition) is 2. The van der Waals surface area contributed by atoms with Crippen LogP contribution < -0.4 is 11.1 Å². The van der Waals surface area contributed by atoms with Crippen molar-refractivity contribution in [3.05, 3.63) is 28.8 Å². The number of fused-ring (bicyclic) bond motifs is 1. The second-order valence-corrected chi connectivity index (χ2v) is 4.69. The third-order valence-electron chi connectivity index (χ3n) is 3.18. The number of nitrogens with two attached hydrogens (primary N) is 1. The molecule has 3 N–H and O–H groups in total. The van der Waals surface area contributed by atoms with Crippen molar-refractivity contribution >= 4 is 17.3 Å². The first-order valence-electron chi connectivity index (χ1n) is 5.46. The number of anilines is 1. The van der Waals surface area contributed by atoms with Gasteiger partial charge in [0.05, 0.1) is 10.7 Å². The first-order chi connectivity index (χ1) is 7.22. The van der Waals surface area contributed by atoms with Crippen molar-refractivity contribution in [1.82, 2.24) is 0 Å². The van der Waals surface area contributed by atoms with Gasteiger partial charge in [0.25, 0.3) is 0 Å². The van der Waals surface area contributed by atoms with Gasteiger partial charge in [-0.3, -0.25) is 0 Å². The van der Waals surface area contributed by atoms with Crippen LogP contribution in [0.25, 0.3) is 0 Å². The number of hydrogen-bond donors (Lipinski definition) is 2. The molecule has 0 spiro atoms. The summed E-state index contributed by atoms with van der Waals surface area (Å²) < 4.78 is 0. The monoisotopic (exact) mass is 224 g/mol. The van der Waals surface area contributed by atoms with Crippen molar-refractivity contribution in [2.24, 2.45) is 11.7 Å². The molecule has 2 atom stereocenters. The van der Waals surface area contributed by atoms with Crippen LogP contribution in [0.2, 0.25) is 5.02 Å². The number of para-hydroxylation sites is 1. The fourth-order valence-electron chi connectivity index (χ4n) is 2.18. The van der Waals surface area contributed by atoms with E-state index in [1.165, 1.54) is 5.56 Å². The Kier molecular flexibility index (Phi) is 3.17. The lowest BCUT2D eigenvalue weighted by Gasteiger charge is -2.19. The zero-order chi connectivity index (χ0) is 10.8. The molecule has 2 nitrogen and oxygen atoms in total. The average Bonchev–Trinajstić information content (AvgIpc) is 2.63. The van der Waals surface area contributed by atoms with E-state index in [0.29, 0.717) is 12.0 Å². The maximum Gasteiger partial charge on any atom is 0.0640 e. The van der Waals surface area contributed by atoms with Gasteiger partial charge < -0.3 is 11.1 Å². The molecular weight excluding hydrogens is 208 g/mol. The van der Waals surface area contributed by atoms with Crippen LogP contribution in [0.5, 0.6) is 0 Å². The molecule has 0 saturated carbocycles. The van der Waals surface area contributed by atoms with Gasteiger partial charge in [-0.1, -0.05) is 30.7 Å². The fourth-order valence-corrected chi connectivity index (χ4v) is 2.43. The highest BCUT2D eigenvalue weighted by atomic mass is 35.5. The third kappa shape index (κ3) is 2.11. The predicted octanol–water partition coefficient (Wildman–Crippen LogP) is 2.66. The Labute approximate surface area is 95.8 Å². The molecule has 15 heavy (non-hydrogen) atoms. The summed E-state index contributed by atoms with van der Waals surface area (Å²) in [5.41, 5.74) is 8.03. The Morgan fingerprint density at radius 3 is 3.07 bits per heavy atom. The van der Waals surface area contributed by atoms with E-state index < -0.39 is 0 Å². The Bertz CT molecular complexity index is 351. The summed E-state index contributed by atoms with van der Waals surface area (Å²) in [7, 11) is 0.